The first-order valence-corrected chi connectivity index (χ1v) is 8.74. The molecule has 0 aromatic heterocycles. The van der Waals surface area contributed by atoms with Gasteiger partial charge in [-0.2, -0.15) is 0 Å². The first-order chi connectivity index (χ1) is 13.5. The van der Waals surface area contributed by atoms with Gasteiger partial charge in [0.2, 0.25) is 0 Å². The van der Waals surface area contributed by atoms with Gasteiger partial charge in [0.25, 0.3) is 11.8 Å². The van der Waals surface area contributed by atoms with E-state index in [-0.39, 0.29) is 17.4 Å². The van der Waals surface area contributed by atoms with Gasteiger partial charge >= 0.3 is 0 Å². The van der Waals surface area contributed by atoms with Crippen LogP contribution < -0.4 is 4.90 Å². The fraction of sp³-hybridized carbons (Fsp3) is 0.0435. The Morgan fingerprint density at radius 1 is 0.786 bits per heavy atom. The molecule has 0 fully saturated rings. The maximum Gasteiger partial charge on any atom is 0.265 e. The highest BCUT2D eigenvalue weighted by molar-refractivity contribution is 6.43. The summed E-state index contributed by atoms with van der Waals surface area (Å²) in [6, 6.07) is 18.4. The number of benzene rings is 3. The van der Waals surface area contributed by atoms with Crippen LogP contribution in [0.2, 0.25) is 0 Å². The van der Waals surface area contributed by atoms with Crippen molar-refractivity contribution in [3.63, 3.8) is 0 Å². The van der Waals surface area contributed by atoms with Crippen molar-refractivity contribution in [2.75, 3.05) is 4.90 Å². The minimum Gasteiger partial charge on any atom is -0.504 e. The molecule has 0 atom stereocenters. The van der Waals surface area contributed by atoms with Gasteiger partial charge in [0.05, 0.1) is 5.69 Å². The van der Waals surface area contributed by atoms with Crippen LogP contribution in [-0.2, 0) is 4.79 Å². The lowest BCUT2D eigenvalue weighted by atomic mass is 9.91. The number of aromatic hydroxyl groups is 2. The third-order valence-corrected chi connectivity index (χ3v) is 4.65. The zero-order chi connectivity index (χ0) is 19.8. The Hall–Kier alpha value is -3.86. The van der Waals surface area contributed by atoms with Crippen molar-refractivity contribution < 1.29 is 19.8 Å². The molecule has 5 heteroatoms. The smallest absolute Gasteiger partial charge is 0.265 e. The largest absolute Gasteiger partial charge is 0.504 e. The number of phenolic OH excluding ortho intramolecular Hbond substituents is 2. The highest BCUT2D eigenvalue weighted by Gasteiger charge is 2.35. The highest BCUT2D eigenvalue weighted by atomic mass is 16.3. The van der Waals surface area contributed by atoms with E-state index in [2.05, 4.69) is 0 Å². The molecule has 0 bridgehead atoms. The van der Waals surface area contributed by atoms with Crippen LogP contribution in [0.1, 0.15) is 27.0 Å². The molecule has 0 spiro atoms. The van der Waals surface area contributed by atoms with Gasteiger partial charge < -0.3 is 10.2 Å². The SMILES string of the molecule is Cc1cccc(N2C(=O)C(=Cc3ccc(O)c(O)c3)c3ccccc3C2=O)c1. The van der Waals surface area contributed by atoms with Crippen molar-refractivity contribution in [3.05, 3.63) is 89.0 Å². The van der Waals surface area contributed by atoms with Crippen LogP contribution in [0.5, 0.6) is 11.5 Å². The van der Waals surface area contributed by atoms with Gasteiger partial charge in [-0.3, -0.25) is 9.59 Å². The number of hydrogen-bond donors (Lipinski definition) is 2. The zero-order valence-corrected chi connectivity index (χ0v) is 15.1. The van der Waals surface area contributed by atoms with Gasteiger partial charge in [0.1, 0.15) is 0 Å². The Bertz CT molecular complexity index is 1150. The predicted octanol–water partition coefficient (Wildman–Crippen LogP) is 4.13. The number of carbonyl (C=O) groups is 2. The summed E-state index contributed by atoms with van der Waals surface area (Å²) in [7, 11) is 0. The minimum absolute atomic E-state index is 0.242. The standard InChI is InChI=1S/C23H17NO4/c1-14-5-4-6-16(11-14)24-22(27)18-8-3-2-7-17(18)19(23(24)28)12-15-9-10-20(25)21(26)13-15/h2-13,25-26H,1H3. The van der Waals surface area contributed by atoms with E-state index in [0.29, 0.717) is 28.0 Å². The molecule has 138 valence electrons. The van der Waals surface area contributed by atoms with Crippen molar-refractivity contribution in [3.8, 4) is 11.5 Å². The Kier molecular flexibility index (Phi) is 4.20. The molecule has 1 aliphatic rings. The number of hydrogen-bond acceptors (Lipinski definition) is 4. The molecule has 0 saturated heterocycles. The predicted molar refractivity (Wildman–Crippen MR) is 107 cm³/mol. The van der Waals surface area contributed by atoms with Crippen molar-refractivity contribution in [2.45, 2.75) is 6.92 Å². The van der Waals surface area contributed by atoms with Crippen LogP contribution >= 0.6 is 0 Å². The summed E-state index contributed by atoms with van der Waals surface area (Å²) in [6.07, 6.45) is 1.61. The van der Waals surface area contributed by atoms with E-state index in [4.69, 9.17) is 0 Å². The Balaban J connectivity index is 1.91. The second-order valence-corrected chi connectivity index (χ2v) is 6.64. The zero-order valence-electron chi connectivity index (χ0n) is 15.1. The van der Waals surface area contributed by atoms with E-state index in [1.54, 1.807) is 54.6 Å². The van der Waals surface area contributed by atoms with Gasteiger partial charge in [-0.1, -0.05) is 36.4 Å². The van der Waals surface area contributed by atoms with Crippen molar-refractivity contribution in [1.82, 2.24) is 0 Å². The molecule has 2 amide bonds. The Morgan fingerprint density at radius 3 is 2.25 bits per heavy atom. The van der Waals surface area contributed by atoms with Crippen LogP contribution in [0, 0.1) is 6.92 Å². The summed E-state index contributed by atoms with van der Waals surface area (Å²) in [5, 5.41) is 19.3. The van der Waals surface area contributed by atoms with Crippen molar-refractivity contribution in [1.29, 1.82) is 0 Å². The van der Waals surface area contributed by atoms with E-state index >= 15 is 0 Å². The first kappa shape index (κ1) is 17.5. The number of nitrogens with zero attached hydrogens (tertiary/aromatic N) is 1. The number of anilines is 1. The lowest BCUT2D eigenvalue weighted by Crippen LogP contribution is -2.41. The topological polar surface area (TPSA) is 77.8 Å². The van der Waals surface area contributed by atoms with E-state index in [9.17, 15) is 19.8 Å². The molecular weight excluding hydrogens is 354 g/mol. The lowest BCUT2D eigenvalue weighted by molar-refractivity contribution is -0.112. The van der Waals surface area contributed by atoms with E-state index in [0.717, 1.165) is 5.56 Å². The second-order valence-electron chi connectivity index (χ2n) is 6.64. The van der Waals surface area contributed by atoms with E-state index in [1.165, 1.54) is 17.0 Å². The summed E-state index contributed by atoms with van der Waals surface area (Å²) >= 11 is 0. The fourth-order valence-electron chi connectivity index (χ4n) is 3.29. The fourth-order valence-corrected chi connectivity index (χ4v) is 3.29. The highest BCUT2D eigenvalue weighted by Crippen LogP contribution is 2.34. The van der Waals surface area contributed by atoms with E-state index in [1.807, 2.05) is 13.0 Å². The van der Waals surface area contributed by atoms with E-state index < -0.39 is 5.91 Å². The number of imide groups is 1. The summed E-state index contributed by atoms with van der Waals surface area (Å²) in [6.45, 7) is 1.90. The van der Waals surface area contributed by atoms with Crippen LogP contribution in [0.15, 0.2) is 66.7 Å². The molecule has 2 N–H and O–H groups in total. The molecule has 1 heterocycles. The lowest BCUT2D eigenvalue weighted by Gasteiger charge is -2.29. The third-order valence-electron chi connectivity index (χ3n) is 4.65. The molecule has 3 aromatic carbocycles. The maximum atomic E-state index is 13.3. The molecule has 5 nitrogen and oxygen atoms in total. The number of phenols is 2. The van der Waals surface area contributed by atoms with Gasteiger partial charge in [-0.15, -0.1) is 0 Å². The summed E-state index contributed by atoms with van der Waals surface area (Å²) < 4.78 is 0. The number of carbonyl (C=O) groups excluding carboxylic acids is 2. The Labute approximate surface area is 161 Å². The molecule has 3 aromatic rings. The molecule has 0 radical (unpaired) electrons. The molecule has 28 heavy (non-hydrogen) atoms. The van der Waals surface area contributed by atoms with Gasteiger partial charge in [-0.05, 0) is 60.0 Å². The van der Waals surface area contributed by atoms with Crippen LogP contribution in [0.4, 0.5) is 5.69 Å². The number of aryl methyl sites for hydroxylation is 1. The molecule has 0 saturated carbocycles. The first-order valence-electron chi connectivity index (χ1n) is 8.74. The summed E-state index contributed by atoms with van der Waals surface area (Å²) in [5.74, 6) is -1.34. The number of fused-ring (bicyclic) bond motifs is 1. The quantitative estimate of drug-likeness (QED) is 0.403. The van der Waals surface area contributed by atoms with Crippen LogP contribution in [0.25, 0.3) is 11.6 Å². The van der Waals surface area contributed by atoms with Crippen molar-refractivity contribution >= 4 is 29.2 Å². The minimum atomic E-state index is -0.443. The number of amides is 2. The third kappa shape index (κ3) is 2.93. The number of rotatable bonds is 2. The second kappa shape index (κ2) is 6.70. The van der Waals surface area contributed by atoms with Gasteiger partial charge in [-0.25, -0.2) is 4.90 Å². The average molecular weight is 371 g/mol. The monoisotopic (exact) mass is 371 g/mol. The molecule has 4 rings (SSSR count). The molecule has 0 unspecified atom stereocenters. The molecule has 1 aliphatic heterocycles. The van der Waals surface area contributed by atoms with Gasteiger partial charge in [0, 0.05) is 11.1 Å². The normalized spacial score (nSPS) is 15.0. The Morgan fingerprint density at radius 2 is 1.54 bits per heavy atom. The molecule has 0 aliphatic carbocycles. The van der Waals surface area contributed by atoms with Crippen molar-refractivity contribution in [2.24, 2.45) is 0 Å². The molecular formula is C23H17NO4. The van der Waals surface area contributed by atoms with Crippen LogP contribution in [-0.4, -0.2) is 22.0 Å². The maximum absolute atomic E-state index is 13.3. The average Bonchev–Trinajstić information content (AvgIpc) is 2.68. The summed E-state index contributed by atoms with van der Waals surface area (Å²) in [5.41, 5.74) is 3.27. The van der Waals surface area contributed by atoms with Gasteiger partial charge in [0.15, 0.2) is 11.5 Å². The summed E-state index contributed by atoms with van der Waals surface area (Å²) in [4.78, 5) is 27.5. The van der Waals surface area contributed by atoms with Crippen LogP contribution in [0.3, 0.4) is 0 Å².